The summed E-state index contributed by atoms with van der Waals surface area (Å²) in [5.74, 6) is -0.132. The number of β-amino-alcohol motifs (C(OH)–C–C–N with tert-alkyl or cyclic N) is 1. The molecule has 452 valence electrons. The molecule has 3 atom stereocenters. The third kappa shape index (κ3) is 15.2. The zero-order valence-electron chi connectivity index (χ0n) is 50.0. The number of thiazole rings is 1. The van der Waals surface area contributed by atoms with Crippen LogP contribution in [-0.4, -0.2) is 139 Å². The minimum absolute atomic E-state index is 0.00625. The molecule has 2 unspecified atom stereocenters. The molecule has 2 aromatic heterocycles. The van der Waals surface area contributed by atoms with E-state index in [9.17, 15) is 29.1 Å². The maximum Gasteiger partial charge on any atom is 0.255 e. The largest absolute Gasteiger partial charge is 0.494 e. The van der Waals surface area contributed by atoms with E-state index in [0.717, 1.165) is 98.9 Å². The lowest BCUT2D eigenvalue weighted by Crippen LogP contribution is -2.55. The van der Waals surface area contributed by atoms with Crippen molar-refractivity contribution in [2.75, 3.05) is 70.8 Å². The number of carbonyl (C=O) groups excluding carboxylic acids is 4. The van der Waals surface area contributed by atoms with Gasteiger partial charge >= 0.3 is 0 Å². The van der Waals surface area contributed by atoms with Crippen LogP contribution in [0.15, 0.2) is 95.2 Å². The molecule has 0 radical (unpaired) electrons. The van der Waals surface area contributed by atoms with Crippen molar-refractivity contribution in [1.82, 2.24) is 30.4 Å². The first-order valence-electron chi connectivity index (χ1n) is 29.8. The Hall–Kier alpha value is -7.42. The summed E-state index contributed by atoms with van der Waals surface area (Å²) in [5.41, 5.74) is 12.1. The van der Waals surface area contributed by atoms with Crippen LogP contribution in [0.2, 0.25) is 0 Å². The second kappa shape index (κ2) is 29.1. The normalized spacial score (nSPS) is 16.4. The maximum absolute atomic E-state index is 14.3. The number of aliphatic hydroxyl groups is 1. The van der Waals surface area contributed by atoms with E-state index in [1.165, 1.54) is 16.2 Å². The zero-order chi connectivity index (χ0) is 60.1. The molecule has 2 saturated heterocycles. The van der Waals surface area contributed by atoms with Crippen LogP contribution in [0.1, 0.15) is 113 Å². The van der Waals surface area contributed by atoms with E-state index in [4.69, 9.17) is 23.7 Å². The van der Waals surface area contributed by atoms with E-state index in [1.807, 2.05) is 114 Å². The summed E-state index contributed by atoms with van der Waals surface area (Å²) in [6, 6.07) is 25.7. The van der Waals surface area contributed by atoms with E-state index in [1.54, 1.807) is 16.5 Å². The number of H-pyrrole nitrogens is 1. The van der Waals surface area contributed by atoms with Crippen molar-refractivity contribution in [3.8, 4) is 33.1 Å². The number of aliphatic hydroxyl groups excluding tert-OH is 1. The maximum atomic E-state index is 14.3. The Labute approximate surface area is 502 Å². The molecule has 4 N–H and O–H groups in total. The van der Waals surface area contributed by atoms with Gasteiger partial charge in [0.15, 0.2) is 0 Å². The van der Waals surface area contributed by atoms with Crippen molar-refractivity contribution in [2.24, 2.45) is 5.92 Å². The van der Waals surface area contributed by atoms with Gasteiger partial charge in [-0.05, 0) is 142 Å². The minimum Gasteiger partial charge on any atom is -0.494 e. The number of ether oxygens (including phenoxy) is 5. The lowest BCUT2D eigenvalue weighted by molar-refractivity contribution is -0.143. The number of likely N-dealkylation sites (tertiary alicyclic amines) is 1. The van der Waals surface area contributed by atoms with E-state index in [2.05, 4.69) is 38.5 Å². The fourth-order valence-corrected chi connectivity index (χ4v) is 12.6. The number of rotatable bonds is 27. The predicted molar refractivity (Wildman–Crippen MR) is 328 cm³/mol. The third-order valence-corrected chi connectivity index (χ3v) is 17.3. The molecule has 0 saturated carbocycles. The number of amides is 4. The van der Waals surface area contributed by atoms with Gasteiger partial charge in [-0.15, -0.1) is 11.3 Å². The summed E-state index contributed by atoms with van der Waals surface area (Å²) in [6.45, 7) is 18.7. The first-order chi connectivity index (χ1) is 41.1. The molecule has 2 fully saturated rings. The second-order valence-electron chi connectivity index (χ2n) is 22.6. The number of fused-ring (bicyclic) bond motifs is 1. The molecule has 5 heterocycles. The third-order valence-electron chi connectivity index (χ3n) is 16.3. The Morgan fingerprint density at radius 3 is 2.28 bits per heavy atom. The number of unbranched alkanes of at least 4 members (excludes halogenated alkanes) is 1. The number of aryl methyl sites for hydroxylation is 3. The summed E-state index contributed by atoms with van der Waals surface area (Å²) in [4.78, 5) is 82.3. The van der Waals surface area contributed by atoms with Crippen LogP contribution in [0.4, 0.5) is 5.69 Å². The summed E-state index contributed by atoms with van der Waals surface area (Å²) in [5, 5.41) is 16.9. The van der Waals surface area contributed by atoms with Crippen LogP contribution in [-0.2, 0) is 43.4 Å². The van der Waals surface area contributed by atoms with Gasteiger partial charge in [-0.2, -0.15) is 0 Å². The van der Waals surface area contributed by atoms with E-state index in [0.29, 0.717) is 75.2 Å². The molecule has 3 aliphatic rings. The summed E-state index contributed by atoms with van der Waals surface area (Å²) in [6.07, 6.45) is 2.60. The Morgan fingerprint density at radius 2 is 1.56 bits per heavy atom. The Balaban J connectivity index is 0.722. The number of carbonyl (C=O) groups is 4. The van der Waals surface area contributed by atoms with Crippen LogP contribution < -0.4 is 30.6 Å². The number of anilines is 1. The van der Waals surface area contributed by atoms with Crippen molar-refractivity contribution in [2.45, 2.75) is 124 Å². The first-order valence-corrected chi connectivity index (χ1v) is 30.6. The Morgan fingerprint density at radius 1 is 0.835 bits per heavy atom. The molecule has 4 amide bonds. The van der Waals surface area contributed by atoms with Crippen LogP contribution in [0.25, 0.3) is 21.6 Å². The molecule has 0 bridgehead atoms. The standard InChI is InChI=1S/C66H81N7O11S/c1-8-71(51-21-25-81-26-22-51)57-33-50(32-55(44(57)6)62(75)68-37-56-42(4)31-43(5)70-63(56)76)46-17-19-53(20-18-46)83-24-12-11-23-80-27-28-82-29-30-84-59-34-47(61-45(7)69-40-85-61)15-16-48(59)36-67-64(77)58-35-52(74)39-72(58)66(79)60(41(2)3)73-38-49-13-9-10-14-54(49)65(73)78/h9-10,13-20,31-34,40-41,51-52,58,60,74H,8,11-12,21-30,35-39H2,1-7H3,(H,67,77)(H,68,75)(H,70,76)/t52-,58?,60?/m1/s1. The topological polar surface area (TPSA) is 214 Å². The lowest BCUT2D eigenvalue weighted by atomic mass is 9.95. The fraction of sp³-hybridized carbons (Fsp3) is 0.455. The molecule has 18 nitrogen and oxygen atoms in total. The van der Waals surface area contributed by atoms with Gasteiger partial charge < -0.3 is 59.1 Å². The van der Waals surface area contributed by atoms with E-state index < -0.39 is 24.1 Å². The minimum atomic E-state index is -0.919. The van der Waals surface area contributed by atoms with Gasteiger partial charge in [0.2, 0.25) is 11.8 Å². The lowest BCUT2D eigenvalue weighted by Gasteiger charge is -2.37. The van der Waals surface area contributed by atoms with Crippen LogP contribution in [0, 0.1) is 33.6 Å². The summed E-state index contributed by atoms with van der Waals surface area (Å²) >= 11 is 1.53. The van der Waals surface area contributed by atoms with E-state index >= 15 is 0 Å². The number of pyridine rings is 1. The average molecular weight is 1180 g/mol. The molecule has 9 rings (SSSR count). The monoisotopic (exact) mass is 1180 g/mol. The highest BCUT2D eigenvalue weighted by molar-refractivity contribution is 7.13. The van der Waals surface area contributed by atoms with Crippen molar-refractivity contribution < 1.29 is 48.0 Å². The molecule has 4 aromatic carbocycles. The fourth-order valence-electron chi connectivity index (χ4n) is 11.8. The smallest absolute Gasteiger partial charge is 0.255 e. The number of benzene rings is 4. The van der Waals surface area contributed by atoms with E-state index in [-0.39, 0.29) is 67.9 Å². The number of nitrogens with zero attached hydrogens (tertiary/aromatic N) is 4. The molecule has 0 aliphatic carbocycles. The summed E-state index contributed by atoms with van der Waals surface area (Å²) in [7, 11) is 0. The second-order valence-corrected chi connectivity index (χ2v) is 23.4. The SMILES string of the molecule is CCN(c1cc(-c2ccc(OCCCCOCCOCCOc3cc(-c4scnc4C)ccc3CNC(=O)C3C[C@@H](O)CN3C(=O)C(C(C)C)N3Cc4ccccc4C3=O)cc2)cc(C(=O)NCc2c(C)cc(C)[nH]c2=O)c1C)C1CCOCC1. The van der Waals surface area contributed by atoms with Gasteiger partial charge in [0.1, 0.15) is 30.2 Å². The number of aromatic amines is 1. The molecule has 85 heavy (non-hydrogen) atoms. The van der Waals surface area contributed by atoms with Gasteiger partial charge in [0.05, 0.1) is 48.6 Å². The van der Waals surface area contributed by atoms with Crippen LogP contribution >= 0.6 is 11.3 Å². The van der Waals surface area contributed by atoms with Crippen molar-refractivity contribution in [3.05, 3.63) is 151 Å². The molecule has 19 heteroatoms. The van der Waals surface area contributed by atoms with Gasteiger partial charge in [0.25, 0.3) is 17.4 Å². The highest BCUT2D eigenvalue weighted by Crippen LogP contribution is 2.36. The van der Waals surface area contributed by atoms with Gasteiger partial charge in [-0.3, -0.25) is 24.0 Å². The molecular formula is C66H81N7O11S. The summed E-state index contributed by atoms with van der Waals surface area (Å²) < 4.78 is 29.9. The quantitative estimate of drug-likeness (QED) is 0.0355. The number of hydrogen-bond donors (Lipinski definition) is 4. The molecular weight excluding hydrogens is 1100 g/mol. The molecule has 6 aromatic rings. The zero-order valence-corrected chi connectivity index (χ0v) is 50.8. The first kappa shape index (κ1) is 62.1. The van der Waals surface area contributed by atoms with Crippen molar-refractivity contribution in [1.29, 1.82) is 0 Å². The van der Waals surface area contributed by atoms with Gasteiger partial charge in [-0.1, -0.05) is 56.3 Å². The highest BCUT2D eigenvalue weighted by Gasteiger charge is 2.46. The van der Waals surface area contributed by atoms with Gasteiger partial charge in [-0.25, -0.2) is 4.98 Å². The molecule has 0 spiro atoms. The number of aromatic nitrogens is 2. The Kier molecular flexibility index (Phi) is 21.3. The van der Waals surface area contributed by atoms with Crippen molar-refractivity contribution in [3.63, 3.8) is 0 Å². The number of nitrogens with one attached hydrogen (secondary N) is 3. The van der Waals surface area contributed by atoms with Crippen LogP contribution in [0.3, 0.4) is 0 Å². The van der Waals surface area contributed by atoms with Crippen LogP contribution in [0.5, 0.6) is 11.5 Å². The average Bonchev–Trinajstić information content (AvgIpc) is 2.44. The number of hydrogen-bond acceptors (Lipinski definition) is 14. The molecule has 3 aliphatic heterocycles. The van der Waals surface area contributed by atoms with Crippen molar-refractivity contribution >= 4 is 40.7 Å². The predicted octanol–water partition coefficient (Wildman–Crippen LogP) is 8.86. The Bertz CT molecular complexity index is 3360. The highest BCUT2D eigenvalue weighted by atomic mass is 32.1. The van der Waals surface area contributed by atoms with Gasteiger partial charge in [0, 0.05) is 98.6 Å².